The molecule has 0 saturated carbocycles. The van der Waals surface area contributed by atoms with Gasteiger partial charge in [0.05, 0.1) is 5.92 Å². The number of nitrogens with one attached hydrogen (secondary N) is 1. The number of hydrogen-bond acceptors (Lipinski definition) is 3. The fourth-order valence-electron chi connectivity index (χ4n) is 2.92. The van der Waals surface area contributed by atoms with Crippen LogP contribution in [0.2, 0.25) is 0 Å². The van der Waals surface area contributed by atoms with Gasteiger partial charge in [-0.05, 0) is 35.7 Å². The number of amides is 2. The fourth-order valence-corrected chi connectivity index (χ4v) is 2.92. The number of rotatable bonds is 6. The summed E-state index contributed by atoms with van der Waals surface area (Å²) in [5.41, 5.74) is 1.90. The van der Waals surface area contributed by atoms with Gasteiger partial charge in [0, 0.05) is 38.4 Å². The second-order valence-corrected chi connectivity index (χ2v) is 6.20. The van der Waals surface area contributed by atoms with Crippen molar-refractivity contribution < 1.29 is 14.0 Å². The third-order valence-electron chi connectivity index (χ3n) is 4.36. The van der Waals surface area contributed by atoms with Gasteiger partial charge in [-0.2, -0.15) is 0 Å². The maximum Gasteiger partial charge on any atom is 0.225 e. The zero-order valence-electron chi connectivity index (χ0n) is 13.8. The summed E-state index contributed by atoms with van der Waals surface area (Å²) < 4.78 is 12.9. The van der Waals surface area contributed by atoms with E-state index >= 15 is 0 Å². The van der Waals surface area contributed by atoms with Crippen LogP contribution in [0.15, 0.2) is 48.8 Å². The summed E-state index contributed by atoms with van der Waals surface area (Å²) in [5, 5.41) is 2.86. The zero-order valence-corrected chi connectivity index (χ0v) is 13.8. The van der Waals surface area contributed by atoms with Crippen LogP contribution in [-0.2, 0) is 22.6 Å². The lowest BCUT2D eigenvalue weighted by molar-refractivity contribution is -0.129. The van der Waals surface area contributed by atoms with Crippen LogP contribution in [0.1, 0.15) is 17.5 Å². The molecule has 25 heavy (non-hydrogen) atoms. The summed E-state index contributed by atoms with van der Waals surface area (Å²) in [6.07, 6.45) is 4.27. The standard InChI is InChI=1S/C19H20FN3O2/c20-17-5-3-14(4-6-17)7-9-23-13-16(10-18(23)24)19(25)22-12-15-2-1-8-21-11-15/h1-6,8,11,16H,7,9-10,12-13H2,(H,22,25). The Balaban J connectivity index is 1.48. The molecule has 1 saturated heterocycles. The Morgan fingerprint density at radius 1 is 1.24 bits per heavy atom. The first kappa shape index (κ1) is 17.1. The summed E-state index contributed by atoms with van der Waals surface area (Å²) in [4.78, 5) is 30.1. The topological polar surface area (TPSA) is 62.3 Å². The summed E-state index contributed by atoms with van der Waals surface area (Å²) in [6, 6.07) is 9.97. The number of pyridine rings is 1. The van der Waals surface area contributed by atoms with Crippen LogP contribution in [0.25, 0.3) is 0 Å². The summed E-state index contributed by atoms with van der Waals surface area (Å²) >= 11 is 0. The predicted octanol–water partition coefficient (Wildman–Crippen LogP) is 1.93. The van der Waals surface area contributed by atoms with E-state index in [1.807, 2.05) is 12.1 Å². The predicted molar refractivity (Wildman–Crippen MR) is 90.9 cm³/mol. The molecule has 1 N–H and O–H groups in total. The highest BCUT2D eigenvalue weighted by molar-refractivity contribution is 5.89. The number of hydrogen-bond donors (Lipinski definition) is 1. The van der Waals surface area contributed by atoms with E-state index in [1.165, 1.54) is 12.1 Å². The fraction of sp³-hybridized carbons (Fsp3) is 0.316. The molecule has 2 heterocycles. The maximum absolute atomic E-state index is 12.9. The normalized spacial score (nSPS) is 16.9. The molecular formula is C19H20FN3O2. The molecule has 3 rings (SSSR count). The Morgan fingerprint density at radius 3 is 2.76 bits per heavy atom. The van der Waals surface area contributed by atoms with Crippen molar-refractivity contribution in [1.29, 1.82) is 0 Å². The molecule has 130 valence electrons. The van der Waals surface area contributed by atoms with Gasteiger partial charge in [-0.1, -0.05) is 18.2 Å². The highest BCUT2D eigenvalue weighted by Crippen LogP contribution is 2.19. The van der Waals surface area contributed by atoms with Gasteiger partial charge in [0.1, 0.15) is 5.82 Å². The van der Waals surface area contributed by atoms with Gasteiger partial charge in [-0.3, -0.25) is 14.6 Å². The average Bonchev–Trinajstić information content (AvgIpc) is 3.01. The lowest BCUT2D eigenvalue weighted by Crippen LogP contribution is -2.33. The number of likely N-dealkylation sites (tertiary alicyclic amines) is 1. The molecule has 0 bridgehead atoms. The van der Waals surface area contributed by atoms with E-state index in [9.17, 15) is 14.0 Å². The minimum atomic E-state index is -0.322. The first-order chi connectivity index (χ1) is 12.1. The Morgan fingerprint density at radius 2 is 2.04 bits per heavy atom. The van der Waals surface area contributed by atoms with Crippen LogP contribution in [0, 0.1) is 11.7 Å². The lowest BCUT2D eigenvalue weighted by atomic mass is 10.1. The van der Waals surface area contributed by atoms with Crippen LogP contribution in [-0.4, -0.2) is 34.8 Å². The van der Waals surface area contributed by atoms with Crippen LogP contribution in [0.3, 0.4) is 0 Å². The number of carbonyl (C=O) groups is 2. The molecule has 5 nitrogen and oxygen atoms in total. The van der Waals surface area contributed by atoms with Crippen molar-refractivity contribution >= 4 is 11.8 Å². The summed E-state index contributed by atoms with van der Waals surface area (Å²) in [7, 11) is 0. The van der Waals surface area contributed by atoms with Gasteiger partial charge in [-0.15, -0.1) is 0 Å². The number of nitrogens with zero attached hydrogens (tertiary/aromatic N) is 2. The molecule has 1 aliphatic heterocycles. The number of aromatic nitrogens is 1. The van der Waals surface area contributed by atoms with Crippen molar-refractivity contribution in [2.45, 2.75) is 19.4 Å². The molecule has 0 radical (unpaired) electrons. The van der Waals surface area contributed by atoms with Crippen LogP contribution in [0.4, 0.5) is 4.39 Å². The molecule has 1 aliphatic rings. The van der Waals surface area contributed by atoms with Gasteiger partial charge in [0.15, 0.2) is 0 Å². The highest BCUT2D eigenvalue weighted by Gasteiger charge is 2.33. The van der Waals surface area contributed by atoms with E-state index < -0.39 is 0 Å². The number of halogens is 1. The van der Waals surface area contributed by atoms with Gasteiger partial charge >= 0.3 is 0 Å². The van der Waals surface area contributed by atoms with Gasteiger partial charge in [0.2, 0.25) is 11.8 Å². The minimum Gasteiger partial charge on any atom is -0.352 e. The Labute approximate surface area is 145 Å². The summed E-state index contributed by atoms with van der Waals surface area (Å²) in [6.45, 7) is 1.38. The minimum absolute atomic E-state index is 0.0105. The highest BCUT2D eigenvalue weighted by atomic mass is 19.1. The first-order valence-electron chi connectivity index (χ1n) is 8.30. The summed E-state index contributed by atoms with van der Waals surface area (Å²) in [5.74, 6) is -0.714. The van der Waals surface area contributed by atoms with Crippen LogP contribution >= 0.6 is 0 Å². The van der Waals surface area contributed by atoms with Crippen molar-refractivity contribution in [3.05, 3.63) is 65.7 Å². The van der Waals surface area contributed by atoms with Gasteiger partial charge in [-0.25, -0.2) is 4.39 Å². The van der Waals surface area contributed by atoms with Crippen molar-refractivity contribution in [1.82, 2.24) is 15.2 Å². The molecule has 1 aromatic heterocycles. The van der Waals surface area contributed by atoms with E-state index in [0.717, 1.165) is 11.1 Å². The number of benzene rings is 1. The lowest BCUT2D eigenvalue weighted by Gasteiger charge is -2.16. The van der Waals surface area contributed by atoms with Gasteiger partial charge in [0.25, 0.3) is 0 Å². The molecule has 6 heteroatoms. The average molecular weight is 341 g/mol. The molecule has 1 unspecified atom stereocenters. The second kappa shape index (κ2) is 7.88. The first-order valence-corrected chi connectivity index (χ1v) is 8.30. The van der Waals surface area contributed by atoms with Crippen LogP contribution < -0.4 is 5.32 Å². The molecule has 1 atom stereocenters. The van der Waals surface area contributed by atoms with E-state index in [0.29, 0.717) is 26.1 Å². The molecule has 2 aromatic rings. The molecule has 2 amide bonds. The molecule has 0 aliphatic carbocycles. The zero-order chi connectivity index (χ0) is 17.6. The van der Waals surface area contributed by atoms with Gasteiger partial charge < -0.3 is 10.2 Å². The Hall–Kier alpha value is -2.76. The SMILES string of the molecule is O=C(NCc1cccnc1)C1CC(=O)N(CCc2ccc(F)cc2)C1. The number of carbonyl (C=O) groups excluding carboxylic acids is 2. The van der Waals surface area contributed by atoms with E-state index in [2.05, 4.69) is 10.3 Å². The third kappa shape index (κ3) is 4.62. The van der Waals surface area contributed by atoms with E-state index in [1.54, 1.807) is 29.4 Å². The van der Waals surface area contributed by atoms with Crippen molar-refractivity contribution in [2.75, 3.05) is 13.1 Å². The Kier molecular flexibility index (Phi) is 5.38. The van der Waals surface area contributed by atoms with Crippen molar-refractivity contribution in [3.63, 3.8) is 0 Å². The maximum atomic E-state index is 12.9. The van der Waals surface area contributed by atoms with E-state index in [-0.39, 0.29) is 30.0 Å². The molecule has 0 spiro atoms. The monoisotopic (exact) mass is 341 g/mol. The van der Waals surface area contributed by atoms with Crippen molar-refractivity contribution in [3.8, 4) is 0 Å². The molecule has 1 fully saturated rings. The molecular weight excluding hydrogens is 321 g/mol. The van der Waals surface area contributed by atoms with Crippen molar-refractivity contribution in [2.24, 2.45) is 5.92 Å². The largest absolute Gasteiger partial charge is 0.352 e. The smallest absolute Gasteiger partial charge is 0.225 e. The quantitative estimate of drug-likeness (QED) is 0.873. The molecule has 1 aromatic carbocycles. The van der Waals surface area contributed by atoms with E-state index in [4.69, 9.17) is 0 Å². The second-order valence-electron chi connectivity index (χ2n) is 6.20. The third-order valence-corrected chi connectivity index (χ3v) is 4.36. The van der Waals surface area contributed by atoms with Crippen LogP contribution in [0.5, 0.6) is 0 Å². The Bertz CT molecular complexity index is 734.